The highest BCUT2D eigenvalue weighted by Crippen LogP contribution is 2.36. The van der Waals surface area contributed by atoms with Gasteiger partial charge in [-0.2, -0.15) is 0 Å². The van der Waals surface area contributed by atoms with Gasteiger partial charge >= 0.3 is 0 Å². The maximum Gasteiger partial charge on any atom is 0.251 e. The zero-order valence-corrected chi connectivity index (χ0v) is 20.6. The molecule has 1 aliphatic rings. The Kier molecular flexibility index (Phi) is 7.00. The molecule has 0 spiro atoms. The van der Waals surface area contributed by atoms with Crippen LogP contribution in [0.15, 0.2) is 53.9 Å². The van der Waals surface area contributed by atoms with E-state index >= 15 is 0 Å². The van der Waals surface area contributed by atoms with Crippen molar-refractivity contribution in [2.24, 2.45) is 5.92 Å². The lowest BCUT2D eigenvalue weighted by Crippen LogP contribution is -2.55. The Labute approximate surface area is 203 Å². The van der Waals surface area contributed by atoms with Crippen LogP contribution < -0.4 is 16.0 Å². The molecule has 4 rings (SSSR count). The summed E-state index contributed by atoms with van der Waals surface area (Å²) in [7, 11) is 1.70. The van der Waals surface area contributed by atoms with Crippen LogP contribution in [-0.4, -0.2) is 41.8 Å². The first kappa shape index (κ1) is 23.9. The van der Waals surface area contributed by atoms with Gasteiger partial charge in [0.05, 0.1) is 6.04 Å². The lowest BCUT2D eigenvalue weighted by Gasteiger charge is -2.31. The Morgan fingerprint density at radius 2 is 1.79 bits per heavy atom. The van der Waals surface area contributed by atoms with Crippen LogP contribution in [0.4, 0.5) is 5.69 Å². The molecule has 1 aliphatic heterocycles. The topological polar surface area (TPSA) is 90.5 Å². The van der Waals surface area contributed by atoms with Gasteiger partial charge in [-0.3, -0.25) is 14.4 Å². The molecular weight excluding hydrogens is 448 g/mol. The van der Waals surface area contributed by atoms with Crippen molar-refractivity contribution in [3.8, 4) is 0 Å². The first-order valence-electron chi connectivity index (χ1n) is 11.4. The van der Waals surface area contributed by atoms with Crippen LogP contribution in [0, 0.1) is 5.92 Å². The third-order valence-corrected chi connectivity index (χ3v) is 7.23. The molecule has 3 N–H and O–H groups in total. The smallest absolute Gasteiger partial charge is 0.251 e. The van der Waals surface area contributed by atoms with Gasteiger partial charge < -0.3 is 20.9 Å². The van der Waals surface area contributed by atoms with E-state index in [1.54, 1.807) is 30.2 Å². The van der Waals surface area contributed by atoms with Crippen molar-refractivity contribution in [1.29, 1.82) is 0 Å². The van der Waals surface area contributed by atoms with Gasteiger partial charge in [0.15, 0.2) is 0 Å². The second kappa shape index (κ2) is 9.95. The van der Waals surface area contributed by atoms with Crippen LogP contribution in [0.1, 0.15) is 37.9 Å². The Hall–Kier alpha value is -3.23. The van der Waals surface area contributed by atoms with Crippen molar-refractivity contribution in [1.82, 2.24) is 15.5 Å². The van der Waals surface area contributed by atoms with Crippen molar-refractivity contribution in [2.75, 3.05) is 12.4 Å². The summed E-state index contributed by atoms with van der Waals surface area (Å²) < 4.78 is 1.08. The van der Waals surface area contributed by atoms with Crippen molar-refractivity contribution in [3.05, 3.63) is 65.0 Å². The zero-order chi connectivity index (χ0) is 24.4. The van der Waals surface area contributed by atoms with Gasteiger partial charge in [0.1, 0.15) is 12.1 Å². The van der Waals surface area contributed by atoms with E-state index in [1.165, 1.54) is 0 Å². The summed E-state index contributed by atoms with van der Waals surface area (Å²) in [5, 5.41) is 11.8. The number of carbonyl (C=O) groups excluding carboxylic acids is 3. The maximum atomic E-state index is 13.8. The average Bonchev–Trinajstić information content (AvgIpc) is 3.46. The second-order valence-electron chi connectivity index (χ2n) is 8.94. The molecule has 8 heteroatoms. The number of carbonyl (C=O) groups is 3. The molecule has 3 aromatic rings. The summed E-state index contributed by atoms with van der Waals surface area (Å²) in [6.07, 6.45) is 0. The molecule has 2 unspecified atom stereocenters. The number of benzene rings is 2. The fourth-order valence-electron chi connectivity index (χ4n) is 4.28. The van der Waals surface area contributed by atoms with Crippen LogP contribution in [0.5, 0.6) is 0 Å². The van der Waals surface area contributed by atoms with E-state index in [0.29, 0.717) is 6.54 Å². The van der Waals surface area contributed by atoms with Crippen molar-refractivity contribution >= 4 is 44.8 Å². The van der Waals surface area contributed by atoms with Gasteiger partial charge in [-0.1, -0.05) is 44.2 Å². The average molecular weight is 479 g/mol. The van der Waals surface area contributed by atoms with E-state index in [2.05, 4.69) is 16.0 Å². The number of fused-ring (bicyclic) bond motifs is 2. The van der Waals surface area contributed by atoms with Gasteiger partial charge in [-0.25, -0.2) is 0 Å². The molecule has 0 saturated heterocycles. The highest BCUT2D eigenvalue weighted by atomic mass is 32.1. The molecular formula is C26H30N4O3S. The molecule has 2 aromatic carbocycles. The number of hydrogen-bond acceptors (Lipinski definition) is 5. The van der Waals surface area contributed by atoms with E-state index in [4.69, 9.17) is 0 Å². The highest BCUT2D eigenvalue weighted by molar-refractivity contribution is 7.17. The summed E-state index contributed by atoms with van der Waals surface area (Å²) in [6, 6.07) is 13.4. The van der Waals surface area contributed by atoms with Crippen molar-refractivity contribution < 1.29 is 14.4 Å². The number of nitrogens with one attached hydrogen (secondary N) is 3. The molecule has 3 amide bonds. The number of rotatable bonds is 7. The van der Waals surface area contributed by atoms with Crippen LogP contribution in [-0.2, 0) is 20.9 Å². The Morgan fingerprint density at radius 3 is 2.53 bits per heavy atom. The van der Waals surface area contributed by atoms with Crippen LogP contribution in [0.25, 0.3) is 10.1 Å². The minimum Gasteiger partial charge on any atom is -0.343 e. The Bertz CT molecular complexity index is 1220. The van der Waals surface area contributed by atoms with E-state index in [0.717, 1.165) is 26.9 Å². The normalized spacial score (nSPS) is 16.9. The molecule has 0 radical (unpaired) electrons. The number of amides is 3. The lowest BCUT2D eigenvalue weighted by molar-refractivity contribution is -0.143. The summed E-state index contributed by atoms with van der Waals surface area (Å²) in [4.78, 5) is 41.5. The zero-order valence-electron chi connectivity index (χ0n) is 19.8. The number of thiophene rings is 1. The molecule has 0 bridgehead atoms. The summed E-state index contributed by atoms with van der Waals surface area (Å²) in [5.41, 5.74) is 2.46. The standard InChI is InChI=1S/C26H30N4O3S/c1-15(2)22(29-24(31)16(3)27-4)26(33)30-14-17-8-5-6-9-18(17)23(30)25(32)28-20-10-7-11-21-19(20)12-13-34-21/h5-13,15-16,22-23,27H,14H2,1-4H3,(H,28,32)(H,29,31)/t16?,22?,23-/m0/s1. The highest BCUT2D eigenvalue weighted by Gasteiger charge is 2.42. The van der Waals surface area contributed by atoms with Gasteiger partial charge in [-0.05, 0) is 54.6 Å². The van der Waals surface area contributed by atoms with Gasteiger partial charge in [-0.15, -0.1) is 11.3 Å². The third-order valence-electron chi connectivity index (χ3n) is 6.34. The molecule has 0 fully saturated rings. The van der Waals surface area contributed by atoms with E-state index < -0.39 is 18.1 Å². The fraction of sp³-hybridized carbons (Fsp3) is 0.346. The van der Waals surface area contributed by atoms with E-state index in [-0.39, 0.29) is 23.6 Å². The molecule has 0 saturated carbocycles. The largest absolute Gasteiger partial charge is 0.343 e. The number of hydrogen-bond donors (Lipinski definition) is 3. The Morgan fingerprint density at radius 1 is 1.03 bits per heavy atom. The predicted molar refractivity (Wildman–Crippen MR) is 135 cm³/mol. The molecule has 0 aliphatic carbocycles. The summed E-state index contributed by atoms with van der Waals surface area (Å²) in [6.45, 7) is 5.84. The predicted octanol–water partition coefficient (Wildman–Crippen LogP) is 3.67. The first-order chi connectivity index (χ1) is 16.3. The van der Waals surface area contributed by atoms with Crippen molar-refractivity contribution in [2.45, 2.75) is 45.4 Å². The number of likely N-dealkylation sites (N-methyl/N-ethyl adjacent to an activating group) is 1. The molecule has 3 atom stereocenters. The number of anilines is 1. The fourth-order valence-corrected chi connectivity index (χ4v) is 5.09. The quantitative estimate of drug-likeness (QED) is 0.483. The molecule has 1 aromatic heterocycles. The van der Waals surface area contributed by atoms with Gasteiger partial charge in [0.25, 0.3) is 5.91 Å². The van der Waals surface area contributed by atoms with Crippen LogP contribution >= 0.6 is 11.3 Å². The summed E-state index contributed by atoms with van der Waals surface area (Å²) >= 11 is 1.61. The van der Waals surface area contributed by atoms with Crippen molar-refractivity contribution in [3.63, 3.8) is 0 Å². The van der Waals surface area contributed by atoms with E-state index in [9.17, 15) is 14.4 Å². The molecule has 7 nitrogen and oxygen atoms in total. The summed E-state index contributed by atoms with van der Waals surface area (Å²) in [5.74, 6) is -0.935. The molecule has 2 heterocycles. The number of nitrogens with zero attached hydrogens (tertiary/aromatic N) is 1. The molecule has 178 valence electrons. The van der Waals surface area contributed by atoms with Gasteiger partial charge in [0, 0.05) is 22.3 Å². The minimum absolute atomic E-state index is 0.146. The first-order valence-corrected chi connectivity index (χ1v) is 12.3. The maximum absolute atomic E-state index is 13.8. The van der Waals surface area contributed by atoms with Crippen LogP contribution in [0.2, 0.25) is 0 Å². The Balaban J connectivity index is 1.64. The third kappa shape index (κ3) is 4.56. The SMILES string of the molecule is CNC(C)C(=O)NC(C(=O)N1Cc2ccccc2[C@H]1C(=O)Nc1cccc2sccc12)C(C)C. The second-order valence-corrected chi connectivity index (χ2v) is 9.88. The molecule has 34 heavy (non-hydrogen) atoms. The van der Waals surface area contributed by atoms with Gasteiger partial charge in [0.2, 0.25) is 11.8 Å². The lowest BCUT2D eigenvalue weighted by atomic mass is 10.0. The minimum atomic E-state index is -0.780. The van der Waals surface area contributed by atoms with Crippen LogP contribution in [0.3, 0.4) is 0 Å². The monoisotopic (exact) mass is 478 g/mol. The van der Waals surface area contributed by atoms with E-state index in [1.807, 2.05) is 67.8 Å².